The average molecular weight is 274 g/mol. The highest BCUT2D eigenvalue weighted by Gasteiger charge is 2.39. The van der Waals surface area contributed by atoms with Crippen molar-refractivity contribution >= 4 is 5.91 Å². The van der Waals surface area contributed by atoms with Crippen molar-refractivity contribution in [2.24, 2.45) is 5.73 Å². The second-order valence-electron chi connectivity index (χ2n) is 6.11. The van der Waals surface area contributed by atoms with Crippen LogP contribution in [0.1, 0.15) is 51.2 Å². The first-order valence-corrected chi connectivity index (χ1v) is 7.65. The van der Waals surface area contributed by atoms with E-state index in [-0.39, 0.29) is 5.91 Å². The number of hydrogen-bond acceptors (Lipinski definition) is 2. The number of carbonyl (C=O) groups excluding carboxylic acids is 1. The predicted molar refractivity (Wildman–Crippen MR) is 82.3 cm³/mol. The summed E-state index contributed by atoms with van der Waals surface area (Å²) < 4.78 is 0. The van der Waals surface area contributed by atoms with Crippen molar-refractivity contribution in [2.45, 2.75) is 64.6 Å². The Morgan fingerprint density at radius 2 is 1.80 bits per heavy atom. The summed E-state index contributed by atoms with van der Waals surface area (Å²) in [4.78, 5) is 14.6. The number of rotatable bonds is 6. The molecule has 1 atom stereocenters. The first-order valence-electron chi connectivity index (χ1n) is 7.65. The standard InChI is InChI=1S/C17H26N2O/c1-4-13-6-8-14(9-7-13)12-19(15-10-11-15)16(20)17(3,18)5-2/h6-9,15H,4-5,10-12,18H2,1-3H3. The lowest BCUT2D eigenvalue weighted by Crippen LogP contribution is -2.53. The Kier molecular flexibility index (Phi) is 4.48. The van der Waals surface area contributed by atoms with Gasteiger partial charge in [0.05, 0.1) is 5.54 Å². The third kappa shape index (κ3) is 3.40. The fraction of sp³-hybridized carbons (Fsp3) is 0.588. The molecule has 1 unspecified atom stereocenters. The van der Waals surface area contributed by atoms with E-state index in [0.717, 1.165) is 19.3 Å². The summed E-state index contributed by atoms with van der Waals surface area (Å²) in [5.74, 6) is 0.0852. The first kappa shape index (κ1) is 15.0. The van der Waals surface area contributed by atoms with Crippen LogP contribution in [0.25, 0.3) is 0 Å². The van der Waals surface area contributed by atoms with Crippen molar-refractivity contribution in [3.05, 3.63) is 35.4 Å². The Morgan fingerprint density at radius 3 is 2.25 bits per heavy atom. The van der Waals surface area contributed by atoms with Gasteiger partial charge in [-0.05, 0) is 43.7 Å². The van der Waals surface area contributed by atoms with E-state index in [1.54, 1.807) is 0 Å². The van der Waals surface area contributed by atoms with Crippen LogP contribution in [-0.2, 0) is 17.8 Å². The zero-order valence-electron chi connectivity index (χ0n) is 12.9. The normalized spacial score (nSPS) is 17.6. The van der Waals surface area contributed by atoms with E-state index in [2.05, 4.69) is 31.2 Å². The van der Waals surface area contributed by atoms with E-state index < -0.39 is 5.54 Å². The van der Waals surface area contributed by atoms with E-state index in [1.807, 2.05) is 18.7 Å². The SMILES string of the molecule is CCc1ccc(CN(C(=O)C(C)(N)CC)C2CC2)cc1. The number of carbonyl (C=O) groups is 1. The van der Waals surface area contributed by atoms with Crippen LogP contribution in [0.15, 0.2) is 24.3 Å². The van der Waals surface area contributed by atoms with Gasteiger partial charge in [0.15, 0.2) is 0 Å². The van der Waals surface area contributed by atoms with Crippen molar-refractivity contribution in [1.82, 2.24) is 4.90 Å². The number of nitrogens with zero attached hydrogens (tertiary/aromatic N) is 1. The van der Waals surface area contributed by atoms with E-state index in [9.17, 15) is 4.79 Å². The monoisotopic (exact) mass is 274 g/mol. The lowest BCUT2D eigenvalue weighted by atomic mass is 9.98. The van der Waals surface area contributed by atoms with E-state index in [4.69, 9.17) is 5.73 Å². The quantitative estimate of drug-likeness (QED) is 0.867. The lowest BCUT2D eigenvalue weighted by molar-refractivity contribution is -0.137. The molecular weight excluding hydrogens is 248 g/mol. The molecule has 1 aliphatic carbocycles. The van der Waals surface area contributed by atoms with Gasteiger partial charge in [-0.25, -0.2) is 0 Å². The summed E-state index contributed by atoms with van der Waals surface area (Å²) in [7, 11) is 0. The van der Waals surface area contributed by atoms with Gasteiger partial charge < -0.3 is 10.6 Å². The van der Waals surface area contributed by atoms with Gasteiger partial charge >= 0.3 is 0 Å². The number of amides is 1. The molecule has 0 radical (unpaired) electrons. The third-order valence-electron chi connectivity index (χ3n) is 4.26. The lowest BCUT2D eigenvalue weighted by Gasteiger charge is -2.31. The van der Waals surface area contributed by atoms with E-state index in [1.165, 1.54) is 11.1 Å². The molecule has 3 nitrogen and oxygen atoms in total. The van der Waals surface area contributed by atoms with Crippen LogP contribution in [0.4, 0.5) is 0 Å². The fourth-order valence-electron chi connectivity index (χ4n) is 2.31. The van der Waals surface area contributed by atoms with Gasteiger partial charge in [0.2, 0.25) is 5.91 Å². The van der Waals surface area contributed by atoms with Crippen molar-refractivity contribution < 1.29 is 4.79 Å². The first-order chi connectivity index (χ1) is 9.47. The third-order valence-corrected chi connectivity index (χ3v) is 4.26. The van der Waals surface area contributed by atoms with Gasteiger partial charge in [0, 0.05) is 12.6 Å². The van der Waals surface area contributed by atoms with Gasteiger partial charge in [-0.2, -0.15) is 0 Å². The molecule has 0 saturated heterocycles. The molecule has 3 heteroatoms. The number of hydrogen-bond donors (Lipinski definition) is 1. The Balaban J connectivity index is 2.11. The summed E-state index contributed by atoms with van der Waals surface area (Å²) in [6, 6.07) is 8.93. The molecule has 1 aromatic rings. The molecule has 0 spiro atoms. The molecule has 110 valence electrons. The Hall–Kier alpha value is -1.35. The van der Waals surface area contributed by atoms with E-state index >= 15 is 0 Å². The maximum absolute atomic E-state index is 12.6. The van der Waals surface area contributed by atoms with Gasteiger partial charge in [0.25, 0.3) is 0 Å². The number of benzene rings is 1. The van der Waals surface area contributed by atoms with Crippen molar-refractivity contribution in [1.29, 1.82) is 0 Å². The van der Waals surface area contributed by atoms with Crippen LogP contribution in [0.5, 0.6) is 0 Å². The summed E-state index contributed by atoms with van der Waals surface area (Å²) in [6.45, 7) is 6.64. The molecule has 0 aromatic heterocycles. The molecule has 1 aromatic carbocycles. The van der Waals surface area contributed by atoms with Crippen LogP contribution < -0.4 is 5.73 Å². The summed E-state index contributed by atoms with van der Waals surface area (Å²) in [6.07, 6.45) is 3.93. The number of aryl methyl sites for hydroxylation is 1. The Morgan fingerprint density at radius 1 is 1.25 bits per heavy atom. The molecule has 1 amide bonds. The highest BCUT2D eigenvalue weighted by Crippen LogP contribution is 2.30. The van der Waals surface area contributed by atoms with Crippen LogP contribution in [0, 0.1) is 0 Å². The minimum Gasteiger partial charge on any atom is -0.334 e. The fourth-order valence-corrected chi connectivity index (χ4v) is 2.31. The minimum atomic E-state index is -0.744. The Labute approximate surface area is 122 Å². The molecule has 2 N–H and O–H groups in total. The van der Waals surface area contributed by atoms with Crippen LogP contribution in [-0.4, -0.2) is 22.4 Å². The van der Waals surface area contributed by atoms with E-state index in [0.29, 0.717) is 19.0 Å². The molecular formula is C17H26N2O. The maximum atomic E-state index is 12.6. The van der Waals surface area contributed by atoms with Crippen LogP contribution in [0.2, 0.25) is 0 Å². The zero-order valence-corrected chi connectivity index (χ0v) is 12.9. The maximum Gasteiger partial charge on any atom is 0.242 e. The molecule has 0 bridgehead atoms. The molecule has 0 heterocycles. The van der Waals surface area contributed by atoms with Gasteiger partial charge in [0.1, 0.15) is 0 Å². The van der Waals surface area contributed by atoms with Crippen molar-refractivity contribution in [3.63, 3.8) is 0 Å². The average Bonchev–Trinajstić information content (AvgIpc) is 3.29. The predicted octanol–water partition coefficient (Wildman–Crippen LogP) is 2.87. The van der Waals surface area contributed by atoms with Crippen molar-refractivity contribution in [3.8, 4) is 0 Å². The summed E-state index contributed by atoms with van der Waals surface area (Å²) >= 11 is 0. The highest BCUT2D eigenvalue weighted by atomic mass is 16.2. The molecule has 1 aliphatic rings. The molecule has 1 saturated carbocycles. The van der Waals surface area contributed by atoms with Gasteiger partial charge in [-0.15, -0.1) is 0 Å². The highest BCUT2D eigenvalue weighted by molar-refractivity contribution is 5.86. The second kappa shape index (κ2) is 5.96. The molecule has 20 heavy (non-hydrogen) atoms. The van der Waals surface area contributed by atoms with Gasteiger partial charge in [-0.3, -0.25) is 4.79 Å². The largest absolute Gasteiger partial charge is 0.334 e. The summed E-state index contributed by atoms with van der Waals surface area (Å²) in [5.41, 5.74) is 7.91. The molecule has 2 rings (SSSR count). The summed E-state index contributed by atoms with van der Waals surface area (Å²) in [5, 5.41) is 0. The van der Waals surface area contributed by atoms with Crippen LogP contribution >= 0.6 is 0 Å². The molecule has 0 aliphatic heterocycles. The Bertz CT molecular complexity index is 460. The zero-order chi connectivity index (χ0) is 14.8. The van der Waals surface area contributed by atoms with Crippen LogP contribution in [0.3, 0.4) is 0 Å². The molecule has 1 fully saturated rings. The van der Waals surface area contributed by atoms with Crippen molar-refractivity contribution in [2.75, 3.05) is 0 Å². The second-order valence-corrected chi connectivity index (χ2v) is 6.11. The smallest absolute Gasteiger partial charge is 0.242 e. The minimum absolute atomic E-state index is 0.0852. The topological polar surface area (TPSA) is 46.3 Å². The number of nitrogens with two attached hydrogens (primary N) is 1. The van der Waals surface area contributed by atoms with Gasteiger partial charge in [-0.1, -0.05) is 38.1 Å².